The molecule has 0 aromatic rings. The van der Waals surface area contributed by atoms with Crippen molar-refractivity contribution in [2.75, 3.05) is 13.3 Å². The summed E-state index contributed by atoms with van der Waals surface area (Å²) in [5.41, 5.74) is -1.07. The van der Waals surface area contributed by atoms with Gasteiger partial charge < -0.3 is 19.9 Å². The maximum atomic E-state index is 11.7. The van der Waals surface area contributed by atoms with Gasteiger partial charge in [-0.2, -0.15) is 0 Å². The number of aliphatic carboxylic acids is 1. The molecule has 0 heterocycles. The largest absolute Gasteiger partial charge is 0.481 e. The molecule has 132 valence electrons. The number of carboxylic acid groups (broad SMARTS) is 1. The van der Waals surface area contributed by atoms with Gasteiger partial charge in [-0.05, 0) is 39.0 Å². The molecule has 0 aliphatic heterocycles. The van der Waals surface area contributed by atoms with Crippen molar-refractivity contribution in [3.63, 3.8) is 0 Å². The summed E-state index contributed by atoms with van der Waals surface area (Å²) in [6.45, 7) is 4.91. The van der Waals surface area contributed by atoms with Crippen LogP contribution in [0.25, 0.3) is 0 Å². The molecule has 1 fully saturated rings. The first kappa shape index (κ1) is 19.3. The smallest absolute Gasteiger partial charge is 0.410 e. The van der Waals surface area contributed by atoms with Crippen LogP contribution in [-0.4, -0.2) is 36.5 Å². The van der Waals surface area contributed by atoms with Gasteiger partial charge >= 0.3 is 18.0 Å². The van der Waals surface area contributed by atoms with E-state index in [1.54, 1.807) is 20.8 Å². The van der Waals surface area contributed by atoms with Gasteiger partial charge in [0.2, 0.25) is 6.79 Å². The summed E-state index contributed by atoms with van der Waals surface area (Å²) >= 11 is 0. The minimum atomic E-state index is -0.860. The number of amides is 1. The van der Waals surface area contributed by atoms with Crippen LogP contribution in [0.5, 0.6) is 0 Å². The average Bonchev–Trinajstić information content (AvgIpc) is 2.44. The highest BCUT2D eigenvalue weighted by Gasteiger charge is 2.35. The summed E-state index contributed by atoms with van der Waals surface area (Å²) < 4.78 is 9.65. The highest BCUT2D eigenvalue weighted by atomic mass is 16.7. The Bertz CT molecular complexity index is 434. The average molecular weight is 329 g/mol. The third-order valence-electron chi connectivity index (χ3n) is 4.04. The number of rotatable bonds is 6. The Morgan fingerprint density at radius 3 is 2.22 bits per heavy atom. The Balaban J connectivity index is 2.38. The first-order chi connectivity index (χ1) is 10.6. The number of carbonyl (C=O) groups excluding carboxylic acids is 2. The summed E-state index contributed by atoms with van der Waals surface area (Å²) in [5.74, 6) is -1.32. The Morgan fingerprint density at radius 1 is 1.09 bits per heavy atom. The Morgan fingerprint density at radius 2 is 1.70 bits per heavy atom. The van der Waals surface area contributed by atoms with Gasteiger partial charge in [-0.15, -0.1) is 0 Å². The molecule has 1 aliphatic carbocycles. The fourth-order valence-electron chi connectivity index (χ4n) is 2.70. The van der Waals surface area contributed by atoms with Gasteiger partial charge in [0.15, 0.2) is 0 Å². The molecule has 23 heavy (non-hydrogen) atoms. The first-order valence-corrected chi connectivity index (χ1v) is 7.94. The topological polar surface area (TPSA) is 102 Å². The quantitative estimate of drug-likeness (QED) is 0.574. The molecule has 7 heteroatoms. The second-order valence-electron chi connectivity index (χ2n) is 7.22. The van der Waals surface area contributed by atoms with E-state index in [2.05, 4.69) is 5.32 Å². The van der Waals surface area contributed by atoms with Gasteiger partial charge in [0, 0.05) is 6.54 Å². The van der Waals surface area contributed by atoms with Crippen molar-refractivity contribution >= 4 is 18.0 Å². The summed E-state index contributed by atoms with van der Waals surface area (Å²) in [5, 5.41) is 11.7. The molecule has 0 aromatic heterocycles. The van der Waals surface area contributed by atoms with E-state index in [4.69, 9.17) is 14.6 Å². The second kappa shape index (κ2) is 8.17. The molecule has 0 saturated heterocycles. The Hall–Kier alpha value is -1.79. The van der Waals surface area contributed by atoms with Crippen LogP contribution in [0.4, 0.5) is 4.79 Å². The molecule has 0 spiro atoms. The van der Waals surface area contributed by atoms with Crippen molar-refractivity contribution in [1.82, 2.24) is 5.32 Å². The van der Waals surface area contributed by atoms with Crippen LogP contribution in [-0.2, 0) is 19.1 Å². The van der Waals surface area contributed by atoms with E-state index in [0.29, 0.717) is 0 Å². The number of carboxylic acids is 1. The highest BCUT2D eigenvalue weighted by Crippen LogP contribution is 2.38. The molecular formula is C16H27NO6. The van der Waals surface area contributed by atoms with Crippen molar-refractivity contribution in [2.45, 2.75) is 59.3 Å². The van der Waals surface area contributed by atoms with E-state index in [0.717, 1.165) is 32.1 Å². The third-order valence-corrected chi connectivity index (χ3v) is 4.04. The summed E-state index contributed by atoms with van der Waals surface area (Å²) in [6.07, 6.45) is 3.90. The lowest BCUT2D eigenvalue weighted by atomic mass is 9.72. The maximum absolute atomic E-state index is 11.7. The molecule has 0 atom stereocenters. The fraction of sp³-hybridized carbons (Fsp3) is 0.812. The number of nitrogens with one attached hydrogen (secondary N) is 1. The van der Waals surface area contributed by atoms with Crippen LogP contribution in [0.3, 0.4) is 0 Å². The van der Waals surface area contributed by atoms with E-state index < -0.39 is 35.7 Å². The van der Waals surface area contributed by atoms with Gasteiger partial charge in [0.25, 0.3) is 0 Å². The van der Waals surface area contributed by atoms with Crippen molar-refractivity contribution in [1.29, 1.82) is 0 Å². The first-order valence-electron chi connectivity index (χ1n) is 7.94. The summed E-state index contributed by atoms with van der Waals surface area (Å²) in [6, 6.07) is 0. The second-order valence-corrected chi connectivity index (χ2v) is 7.22. The van der Waals surface area contributed by atoms with Gasteiger partial charge in [-0.1, -0.05) is 19.3 Å². The van der Waals surface area contributed by atoms with Crippen LogP contribution in [0, 0.1) is 10.8 Å². The van der Waals surface area contributed by atoms with E-state index in [1.165, 1.54) is 0 Å². The zero-order chi connectivity index (χ0) is 17.5. The molecule has 0 aromatic carbocycles. The predicted molar refractivity (Wildman–Crippen MR) is 82.7 cm³/mol. The number of alkyl carbamates (subject to hydrolysis) is 1. The highest BCUT2D eigenvalue weighted by molar-refractivity contribution is 5.75. The number of hydrogen-bond acceptors (Lipinski definition) is 5. The van der Waals surface area contributed by atoms with E-state index >= 15 is 0 Å². The normalized spacial score (nSPS) is 17.2. The minimum absolute atomic E-state index is 0.0340. The van der Waals surface area contributed by atoms with Crippen molar-refractivity contribution in [2.24, 2.45) is 10.8 Å². The molecule has 0 unspecified atom stereocenters. The number of ether oxygens (including phenoxy) is 2. The third kappa shape index (κ3) is 6.88. The van der Waals surface area contributed by atoms with E-state index in [-0.39, 0.29) is 13.0 Å². The molecule has 7 nitrogen and oxygen atoms in total. The Labute approximate surface area is 136 Å². The zero-order valence-corrected chi connectivity index (χ0v) is 14.1. The van der Waals surface area contributed by atoms with Crippen molar-refractivity contribution < 1.29 is 29.0 Å². The minimum Gasteiger partial charge on any atom is -0.481 e. The van der Waals surface area contributed by atoms with Gasteiger partial charge in [0.05, 0.1) is 11.8 Å². The SMILES string of the molecule is CC(C)(C)C(=O)OCOC(=O)NCC1(CC(=O)O)CCCCC1. The number of esters is 1. The van der Waals surface area contributed by atoms with Crippen LogP contribution < -0.4 is 5.32 Å². The lowest BCUT2D eigenvalue weighted by molar-refractivity contribution is -0.161. The summed E-state index contributed by atoms with van der Waals surface area (Å²) in [4.78, 5) is 34.3. The molecule has 1 amide bonds. The molecule has 0 radical (unpaired) electrons. The fourth-order valence-corrected chi connectivity index (χ4v) is 2.70. The van der Waals surface area contributed by atoms with Gasteiger partial charge in [0.1, 0.15) is 0 Å². The lowest BCUT2D eigenvalue weighted by Gasteiger charge is -2.36. The molecule has 1 rings (SSSR count). The van der Waals surface area contributed by atoms with Crippen molar-refractivity contribution in [3.05, 3.63) is 0 Å². The number of carbonyl (C=O) groups is 3. The predicted octanol–water partition coefficient (Wildman–Crippen LogP) is 2.68. The zero-order valence-electron chi connectivity index (χ0n) is 14.1. The molecular weight excluding hydrogens is 302 g/mol. The maximum Gasteiger partial charge on any atom is 0.410 e. The Kier molecular flexibility index (Phi) is 6.84. The summed E-state index contributed by atoms with van der Waals surface area (Å²) in [7, 11) is 0. The molecule has 0 bridgehead atoms. The lowest BCUT2D eigenvalue weighted by Crippen LogP contribution is -2.41. The molecule has 1 aliphatic rings. The van der Waals surface area contributed by atoms with Crippen LogP contribution in [0.2, 0.25) is 0 Å². The van der Waals surface area contributed by atoms with Crippen LogP contribution in [0.15, 0.2) is 0 Å². The van der Waals surface area contributed by atoms with Gasteiger partial charge in [-0.3, -0.25) is 9.59 Å². The molecule has 1 saturated carbocycles. The standard InChI is InChI=1S/C16H27NO6/c1-15(2,3)13(20)22-11-23-14(21)17-10-16(9-12(18)19)7-5-4-6-8-16/h4-11H2,1-3H3,(H,17,21)(H,18,19). The monoisotopic (exact) mass is 329 g/mol. The van der Waals surface area contributed by atoms with Gasteiger partial charge in [-0.25, -0.2) is 4.79 Å². The van der Waals surface area contributed by atoms with Crippen molar-refractivity contribution in [3.8, 4) is 0 Å². The van der Waals surface area contributed by atoms with E-state index in [9.17, 15) is 14.4 Å². The van der Waals surface area contributed by atoms with Crippen LogP contribution in [0.1, 0.15) is 59.3 Å². The van der Waals surface area contributed by atoms with Crippen LogP contribution >= 0.6 is 0 Å². The van der Waals surface area contributed by atoms with E-state index in [1.807, 2.05) is 0 Å². The molecule has 2 N–H and O–H groups in total. The number of hydrogen-bond donors (Lipinski definition) is 2.